The number of carbonyl (C=O) groups excluding carboxylic acids is 1. The fourth-order valence-electron chi connectivity index (χ4n) is 5.05. The van der Waals surface area contributed by atoms with Crippen LogP contribution < -0.4 is 4.74 Å². The molecule has 0 aliphatic carbocycles. The second-order valence-electron chi connectivity index (χ2n) is 9.27. The molecule has 6 nitrogen and oxygen atoms in total. The van der Waals surface area contributed by atoms with Gasteiger partial charge in [0.25, 0.3) is 5.91 Å². The highest BCUT2D eigenvalue weighted by atomic mass is 16.5. The molecule has 0 fully saturated rings. The number of methoxy groups -OCH3 is 1. The standard InChI is InChI=1S/C31H31N3O3/c1-5-37-24-14-12-22(13-15-24)28-18-27(33-34(28)29(35)19-36-4)30-21(3)32-26-16-11-20(2)17-25(26)31(30)23-9-7-6-8-10-23/h6-17,28H,5,18-19H2,1-4H3/t28-/m1/s1. The van der Waals surface area contributed by atoms with Crippen molar-refractivity contribution in [3.63, 3.8) is 0 Å². The van der Waals surface area contributed by atoms with E-state index >= 15 is 0 Å². The molecule has 0 N–H and O–H groups in total. The van der Waals surface area contributed by atoms with Gasteiger partial charge in [0.05, 0.1) is 23.9 Å². The van der Waals surface area contributed by atoms with E-state index in [4.69, 9.17) is 19.6 Å². The second kappa shape index (κ2) is 10.5. The van der Waals surface area contributed by atoms with Gasteiger partial charge in [0.2, 0.25) is 0 Å². The van der Waals surface area contributed by atoms with Crippen LogP contribution in [0.2, 0.25) is 0 Å². The van der Waals surface area contributed by atoms with Crippen LogP contribution in [-0.2, 0) is 9.53 Å². The van der Waals surface area contributed by atoms with Crippen molar-refractivity contribution in [3.05, 3.63) is 95.2 Å². The number of hydrogen-bond acceptors (Lipinski definition) is 5. The largest absolute Gasteiger partial charge is 0.494 e. The molecule has 2 heterocycles. The molecular formula is C31H31N3O3. The zero-order chi connectivity index (χ0) is 25.9. The summed E-state index contributed by atoms with van der Waals surface area (Å²) < 4.78 is 10.8. The first-order valence-corrected chi connectivity index (χ1v) is 12.6. The molecule has 0 spiro atoms. The van der Waals surface area contributed by atoms with Crippen LogP contribution >= 0.6 is 0 Å². The zero-order valence-corrected chi connectivity index (χ0v) is 21.7. The lowest BCUT2D eigenvalue weighted by Gasteiger charge is -2.22. The first-order valence-electron chi connectivity index (χ1n) is 12.6. The molecular weight excluding hydrogens is 462 g/mol. The van der Waals surface area contributed by atoms with E-state index in [1.807, 2.05) is 56.3 Å². The van der Waals surface area contributed by atoms with E-state index in [9.17, 15) is 4.79 Å². The van der Waals surface area contributed by atoms with Gasteiger partial charge in [0.1, 0.15) is 12.4 Å². The third-order valence-corrected chi connectivity index (χ3v) is 6.68. The molecule has 1 atom stereocenters. The van der Waals surface area contributed by atoms with Gasteiger partial charge in [0.15, 0.2) is 0 Å². The topological polar surface area (TPSA) is 64.0 Å². The number of hydrogen-bond donors (Lipinski definition) is 0. The maximum absolute atomic E-state index is 13.1. The lowest BCUT2D eigenvalue weighted by molar-refractivity contribution is -0.137. The number of benzene rings is 3. The van der Waals surface area contributed by atoms with Crippen LogP contribution in [0, 0.1) is 13.8 Å². The van der Waals surface area contributed by atoms with Crippen molar-refractivity contribution >= 4 is 22.5 Å². The number of carbonyl (C=O) groups is 1. The quantitative estimate of drug-likeness (QED) is 0.306. The molecule has 3 aromatic carbocycles. The average Bonchev–Trinajstić information content (AvgIpc) is 3.35. The molecule has 1 aliphatic rings. The molecule has 0 radical (unpaired) electrons. The van der Waals surface area contributed by atoms with Gasteiger partial charge in [0, 0.05) is 35.7 Å². The van der Waals surface area contributed by atoms with Crippen LogP contribution in [0.3, 0.4) is 0 Å². The number of hydrazone groups is 1. The second-order valence-corrected chi connectivity index (χ2v) is 9.27. The van der Waals surface area contributed by atoms with E-state index < -0.39 is 0 Å². The Labute approximate surface area is 217 Å². The highest BCUT2D eigenvalue weighted by Gasteiger charge is 2.35. The van der Waals surface area contributed by atoms with Gasteiger partial charge in [-0.2, -0.15) is 5.10 Å². The molecule has 0 unspecified atom stereocenters. The van der Waals surface area contributed by atoms with E-state index in [0.717, 1.165) is 50.3 Å². The highest BCUT2D eigenvalue weighted by molar-refractivity contribution is 6.14. The van der Waals surface area contributed by atoms with Crippen LogP contribution in [0.25, 0.3) is 22.0 Å². The van der Waals surface area contributed by atoms with Crippen molar-refractivity contribution in [1.82, 2.24) is 9.99 Å². The minimum atomic E-state index is -0.246. The Hall–Kier alpha value is -4.03. The van der Waals surface area contributed by atoms with Crippen LogP contribution in [0.15, 0.2) is 77.9 Å². The van der Waals surface area contributed by atoms with E-state index in [1.165, 1.54) is 12.7 Å². The fraction of sp³-hybridized carbons (Fsp3) is 0.258. The summed E-state index contributed by atoms with van der Waals surface area (Å²) in [5.74, 6) is 0.622. The van der Waals surface area contributed by atoms with Crippen molar-refractivity contribution in [1.29, 1.82) is 0 Å². The van der Waals surface area contributed by atoms with Crippen LogP contribution in [-0.4, -0.2) is 41.9 Å². The lowest BCUT2D eigenvalue weighted by atomic mass is 9.89. The van der Waals surface area contributed by atoms with Crippen molar-refractivity contribution in [2.45, 2.75) is 33.2 Å². The Kier molecular flexibility index (Phi) is 7.01. The number of nitrogens with zero attached hydrogens (tertiary/aromatic N) is 3. The maximum Gasteiger partial charge on any atom is 0.269 e. The van der Waals surface area contributed by atoms with Gasteiger partial charge in [-0.3, -0.25) is 9.78 Å². The Bertz CT molecular complexity index is 1460. The van der Waals surface area contributed by atoms with Gasteiger partial charge in [-0.25, -0.2) is 5.01 Å². The summed E-state index contributed by atoms with van der Waals surface area (Å²) in [6, 6.07) is 24.3. The molecule has 1 aromatic heterocycles. The lowest BCUT2D eigenvalue weighted by Crippen LogP contribution is -2.30. The third-order valence-electron chi connectivity index (χ3n) is 6.68. The number of aromatic nitrogens is 1. The summed E-state index contributed by atoms with van der Waals surface area (Å²) in [4.78, 5) is 18.1. The molecule has 188 valence electrons. The van der Waals surface area contributed by atoms with Gasteiger partial charge in [-0.15, -0.1) is 0 Å². The number of rotatable bonds is 7. The predicted octanol–water partition coefficient (Wildman–Crippen LogP) is 6.24. The van der Waals surface area contributed by atoms with Gasteiger partial charge in [-0.1, -0.05) is 54.1 Å². The Morgan fingerprint density at radius 2 is 1.76 bits per heavy atom. The predicted molar refractivity (Wildman–Crippen MR) is 147 cm³/mol. The van der Waals surface area contributed by atoms with Gasteiger partial charge in [-0.05, 0) is 56.2 Å². The normalized spacial score (nSPS) is 15.2. The Morgan fingerprint density at radius 1 is 1.00 bits per heavy atom. The molecule has 5 rings (SSSR count). The summed E-state index contributed by atoms with van der Waals surface area (Å²) in [6.45, 7) is 6.64. The molecule has 1 aliphatic heterocycles. The number of pyridine rings is 1. The van der Waals surface area contributed by atoms with Crippen LogP contribution in [0.4, 0.5) is 0 Å². The van der Waals surface area contributed by atoms with Crippen molar-refractivity contribution in [2.75, 3.05) is 20.3 Å². The Morgan fingerprint density at radius 3 is 2.46 bits per heavy atom. The van der Waals surface area contributed by atoms with Gasteiger partial charge < -0.3 is 9.47 Å². The molecule has 37 heavy (non-hydrogen) atoms. The summed E-state index contributed by atoms with van der Waals surface area (Å²) in [5, 5.41) is 7.57. The fourth-order valence-corrected chi connectivity index (χ4v) is 5.05. The van der Waals surface area contributed by atoms with Crippen molar-refractivity contribution < 1.29 is 14.3 Å². The summed E-state index contributed by atoms with van der Waals surface area (Å²) in [7, 11) is 1.53. The summed E-state index contributed by atoms with van der Waals surface area (Å²) >= 11 is 0. The zero-order valence-electron chi connectivity index (χ0n) is 21.7. The smallest absolute Gasteiger partial charge is 0.269 e. The van der Waals surface area contributed by atoms with E-state index in [1.54, 1.807) is 5.01 Å². The molecule has 0 bridgehead atoms. The number of ether oxygens (including phenoxy) is 2. The van der Waals surface area contributed by atoms with Crippen LogP contribution in [0.5, 0.6) is 5.75 Å². The summed E-state index contributed by atoms with van der Waals surface area (Å²) in [6.07, 6.45) is 0.573. The monoisotopic (exact) mass is 493 g/mol. The molecule has 1 amide bonds. The van der Waals surface area contributed by atoms with E-state index in [0.29, 0.717) is 13.0 Å². The first-order chi connectivity index (χ1) is 18.0. The van der Waals surface area contributed by atoms with Crippen molar-refractivity contribution in [3.8, 4) is 16.9 Å². The third kappa shape index (κ3) is 4.85. The van der Waals surface area contributed by atoms with E-state index in [-0.39, 0.29) is 18.6 Å². The van der Waals surface area contributed by atoms with Crippen molar-refractivity contribution in [2.24, 2.45) is 5.10 Å². The highest BCUT2D eigenvalue weighted by Crippen LogP contribution is 2.39. The maximum atomic E-state index is 13.1. The van der Waals surface area contributed by atoms with Crippen LogP contribution in [0.1, 0.15) is 41.8 Å². The average molecular weight is 494 g/mol. The number of aryl methyl sites for hydroxylation is 2. The minimum Gasteiger partial charge on any atom is -0.494 e. The summed E-state index contributed by atoms with van der Waals surface area (Å²) in [5.41, 5.74) is 8.01. The molecule has 0 saturated carbocycles. The molecule has 0 saturated heterocycles. The van der Waals surface area contributed by atoms with Gasteiger partial charge >= 0.3 is 0 Å². The first kappa shape index (κ1) is 24.7. The minimum absolute atomic E-state index is 0.0377. The Balaban J connectivity index is 1.67. The van der Waals surface area contributed by atoms with E-state index in [2.05, 4.69) is 37.3 Å². The molecule has 4 aromatic rings. The SMILES string of the molecule is CCOc1ccc([C@H]2CC(c3c(C)nc4ccc(C)cc4c3-c3ccccc3)=NN2C(=O)COC)cc1. The molecule has 6 heteroatoms. The number of amides is 1. The number of fused-ring (bicyclic) bond motifs is 1.